The number of hydrogen-bond donors (Lipinski definition) is 0. The van der Waals surface area contributed by atoms with E-state index in [1.54, 1.807) is 13.3 Å². The quantitative estimate of drug-likeness (QED) is 0.723. The molecule has 0 aliphatic heterocycles. The molecule has 3 heteroatoms. The fourth-order valence-corrected chi connectivity index (χ4v) is 2.35. The van der Waals surface area contributed by atoms with Crippen LogP contribution in [-0.2, 0) is 6.54 Å². The van der Waals surface area contributed by atoms with Crippen molar-refractivity contribution in [1.29, 1.82) is 0 Å². The van der Waals surface area contributed by atoms with Gasteiger partial charge < -0.3 is 4.74 Å². The maximum atomic E-state index is 5.21. The molecule has 3 nitrogen and oxygen atoms in total. The summed E-state index contributed by atoms with van der Waals surface area (Å²) >= 11 is 0. The lowest BCUT2D eigenvalue weighted by atomic mass is 10.0. The number of hydrogen-bond acceptors (Lipinski definition) is 2. The highest BCUT2D eigenvalue weighted by Gasteiger charge is 2.03. The van der Waals surface area contributed by atoms with Crippen molar-refractivity contribution in [2.24, 2.45) is 0 Å². The maximum Gasteiger partial charge on any atom is 0.296 e. The molecule has 0 aliphatic carbocycles. The molecule has 2 aromatic carbocycles. The van der Waals surface area contributed by atoms with Crippen LogP contribution in [0.2, 0.25) is 0 Å². The number of aryl methyl sites for hydroxylation is 1. The third-order valence-electron chi connectivity index (χ3n) is 3.55. The summed E-state index contributed by atoms with van der Waals surface area (Å²) in [5.74, 6) is 0. The Morgan fingerprint density at radius 1 is 0.952 bits per heavy atom. The van der Waals surface area contributed by atoms with Crippen LogP contribution in [0.4, 0.5) is 0 Å². The highest BCUT2D eigenvalue weighted by Crippen LogP contribution is 2.21. The van der Waals surface area contributed by atoms with Crippen LogP contribution in [0.15, 0.2) is 60.9 Å². The summed E-state index contributed by atoms with van der Waals surface area (Å²) in [6, 6.07) is 17.8. The third kappa shape index (κ3) is 2.97. The van der Waals surface area contributed by atoms with E-state index >= 15 is 0 Å². The van der Waals surface area contributed by atoms with Gasteiger partial charge in [-0.3, -0.25) is 4.57 Å². The first kappa shape index (κ1) is 13.4. The van der Waals surface area contributed by atoms with Gasteiger partial charge in [0.25, 0.3) is 6.01 Å². The van der Waals surface area contributed by atoms with E-state index in [0.717, 1.165) is 6.54 Å². The van der Waals surface area contributed by atoms with Crippen LogP contribution in [0.3, 0.4) is 0 Å². The van der Waals surface area contributed by atoms with Crippen LogP contribution >= 0.6 is 0 Å². The molecule has 0 radical (unpaired) electrons. The highest BCUT2D eigenvalue weighted by atomic mass is 16.5. The zero-order chi connectivity index (χ0) is 14.7. The Morgan fingerprint density at radius 2 is 1.57 bits per heavy atom. The third-order valence-corrected chi connectivity index (χ3v) is 3.55. The molecule has 1 aromatic heterocycles. The Labute approximate surface area is 124 Å². The van der Waals surface area contributed by atoms with Crippen molar-refractivity contribution < 1.29 is 4.74 Å². The Bertz CT molecular complexity index is 712. The Balaban J connectivity index is 1.79. The second-order valence-electron chi connectivity index (χ2n) is 5.10. The van der Waals surface area contributed by atoms with Gasteiger partial charge in [0.1, 0.15) is 0 Å². The zero-order valence-corrected chi connectivity index (χ0v) is 12.3. The minimum atomic E-state index is 0.637. The number of aromatic nitrogens is 2. The maximum absolute atomic E-state index is 5.21. The van der Waals surface area contributed by atoms with Crippen molar-refractivity contribution >= 4 is 0 Å². The van der Waals surface area contributed by atoms with Gasteiger partial charge in [0.2, 0.25) is 0 Å². The number of nitrogens with zero attached hydrogens (tertiary/aromatic N) is 2. The predicted octanol–water partition coefficient (Wildman–Crippen LogP) is 3.92. The molecule has 0 atom stereocenters. The molecule has 106 valence electrons. The second-order valence-corrected chi connectivity index (χ2v) is 5.10. The van der Waals surface area contributed by atoms with E-state index in [0.29, 0.717) is 6.01 Å². The second kappa shape index (κ2) is 5.83. The summed E-state index contributed by atoms with van der Waals surface area (Å²) < 4.78 is 7.20. The van der Waals surface area contributed by atoms with Gasteiger partial charge in [0.15, 0.2) is 0 Å². The van der Waals surface area contributed by atoms with E-state index in [1.165, 1.54) is 22.3 Å². The number of imidazole rings is 1. The fourth-order valence-electron chi connectivity index (χ4n) is 2.35. The van der Waals surface area contributed by atoms with Crippen LogP contribution in [0, 0.1) is 6.92 Å². The first-order valence-electron chi connectivity index (χ1n) is 6.97. The first-order chi connectivity index (χ1) is 10.3. The van der Waals surface area contributed by atoms with E-state index in [1.807, 2.05) is 10.8 Å². The largest absolute Gasteiger partial charge is 0.468 e. The summed E-state index contributed by atoms with van der Waals surface area (Å²) in [4.78, 5) is 4.14. The Hall–Kier alpha value is -2.55. The molecule has 21 heavy (non-hydrogen) atoms. The van der Waals surface area contributed by atoms with Crippen molar-refractivity contribution in [2.45, 2.75) is 13.5 Å². The Morgan fingerprint density at radius 3 is 2.19 bits per heavy atom. The minimum Gasteiger partial charge on any atom is -0.468 e. The molecular formula is C18H18N2O. The monoisotopic (exact) mass is 278 g/mol. The molecule has 1 heterocycles. The molecule has 3 aromatic rings. The van der Waals surface area contributed by atoms with E-state index in [2.05, 4.69) is 60.4 Å². The summed E-state index contributed by atoms with van der Waals surface area (Å²) in [6.07, 6.45) is 3.67. The predicted molar refractivity (Wildman–Crippen MR) is 84.5 cm³/mol. The average Bonchev–Trinajstić information content (AvgIpc) is 2.96. The molecule has 0 unspecified atom stereocenters. The van der Waals surface area contributed by atoms with Gasteiger partial charge in [-0.1, -0.05) is 54.1 Å². The molecule has 0 saturated heterocycles. The zero-order valence-electron chi connectivity index (χ0n) is 12.3. The van der Waals surface area contributed by atoms with Crippen LogP contribution in [0.25, 0.3) is 11.1 Å². The van der Waals surface area contributed by atoms with Crippen molar-refractivity contribution in [1.82, 2.24) is 9.55 Å². The topological polar surface area (TPSA) is 27.1 Å². The van der Waals surface area contributed by atoms with E-state index in [-0.39, 0.29) is 0 Å². The molecule has 0 bridgehead atoms. The molecule has 0 saturated carbocycles. The minimum absolute atomic E-state index is 0.637. The highest BCUT2D eigenvalue weighted by molar-refractivity contribution is 5.63. The molecular weight excluding hydrogens is 260 g/mol. The fraction of sp³-hybridized carbons (Fsp3) is 0.167. The van der Waals surface area contributed by atoms with Crippen LogP contribution in [-0.4, -0.2) is 16.7 Å². The molecule has 0 fully saturated rings. The lowest BCUT2D eigenvalue weighted by Gasteiger charge is -2.08. The SMILES string of the molecule is COc1nccn1Cc1ccc(-c2ccc(C)cc2)cc1. The van der Waals surface area contributed by atoms with E-state index in [4.69, 9.17) is 4.74 Å². The van der Waals surface area contributed by atoms with Gasteiger partial charge >= 0.3 is 0 Å². The average molecular weight is 278 g/mol. The molecule has 0 amide bonds. The van der Waals surface area contributed by atoms with Crippen LogP contribution in [0.1, 0.15) is 11.1 Å². The first-order valence-corrected chi connectivity index (χ1v) is 6.97. The van der Waals surface area contributed by atoms with Crippen LogP contribution in [0.5, 0.6) is 6.01 Å². The summed E-state index contributed by atoms with van der Waals surface area (Å²) in [7, 11) is 1.64. The number of benzene rings is 2. The van der Waals surface area contributed by atoms with Crippen LogP contribution < -0.4 is 4.74 Å². The van der Waals surface area contributed by atoms with Crippen molar-refractivity contribution in [3.8, 4) is 17.1 Å². The van der Waals surface area contributed by atoms with Gasteiger partial charge in [0.05, 0.1) is 13.7 Å². The summed E-state index contributed by atoms with van der Waals surface area (Å²) in [6.45, 7) is 2.86. The molecule has 3 rings (SSSR count). The van der Waals surface area contributed by atoms with Crippen molar-refractivity contribution in [3.63, 3.8) is 0 Å². The number of ether oxygens (including phenoxy) is 1. The Kier molecular flexibility index (Phi) is 3.73. The molecule has 0 N–H and O–H groups in total. The number of rotatable bonds is 4. The van der Waals surface area contributed by atoms with Crippen molar-refractivity contribution in [2.75, 3.05) is 7.11 Å². The van der Waals surface area contributed by atoms with E-state index in [9.17, 15) is 0 Å². The van der Waals surface area contributed by atoms with Gasteiger partial charge in [-0.25, -0.2) is 4.98 Å². The van der Waals surface area contributed by atoms with Crippen molar-refractivity contribution in [3.05, 3.63) is 72.1 Å². The van der Waals surface area contributed by atoms with Gasteiger partial charge in [-0.05, 0) is 23.6 Å². The van der Waals surface area contributed by atoms with Gasteiger partial charge in [-0.15, -0.1) is 0 Å². The lowest BCUT2D eigenvalue weighted by molar-refractivity contribution is 0.361. The smallest absolute Gasteiger partial charge is 0.296 e. The van der Waals surface area contributed by atoms with E-state index < -0.39 is 0 Å². The van der Waals surface area contributed by atoms with Gasteiger partial charge in [-0.2, -0.15) is 0 Å². The van der Waals surface area contributed by atoms with Gasteiger partial charge in [0, 0.05) is 12.4 Å². The number of methoxy groups -OCH3 is 1. The summed E-state index contributed by atoms with van der Waals surface area (Å²) in [5, 5.41) is 0. The lowest BCUT2D eigenvalue weighted by Crippen LogP contribution is -2.01. The standard InChI is InChI=1S/C18H18N2O/c1-14-3-7-16(8-4-14)17-9-5-15(6-10-17)13-20-12-11-19-18(20)21-2/h3-12H,13H2,1-2H3. The summed E-state index contributed by atoms with van der Waals surface area (Å²) in [5.41, 5.74) is 4.98. The molecule has 0 spiro atoms. The molecule has 0 aliphatic rings. The normalized spacial score (nSPS) is 10.6.